The van der Waals surface area contributed by atoms with Crippen LogP contribution in [-0.2, 0) is 4.79 Å². The van der Waals surface area contributed by atoms with Crippen molar-refractivity contribution in [3.63, 3.8) is 0 Å². The molecule has 0 saturated carbocycles. The van der Waals surface area contributed by atoms with E-state index in [1.807, 2.05) is 19.1 Å². The predicted octanol–water partition coefficient (Wildman–Crippen LogP) is 3.31. The first-order valence-corrected chi connectivity index (χ1v) is 7.25. The third-order valence-electron chi connectivity index (χ3n) is 2.59. The molecule has 0 aromatic carbocycles. The standard InChI is InChI=1S/C15H16N2O2S/c1-3-5-10-20-15-16-13(11-12-7-6-9-19-12)14(18)17(15)8-4-2/h3-7,9,11H,2,8,10H2,1H3. The second-order valence-corrected chi connectivity index (χ2v) is 5.01. The molecule has 1 aliphatic rings. The Balaban J connectivity index is 2.21. The van der Waals surface area contributed by atoms with Gasteiger partial charge in [0, 0.05) is 18.4 Å². The summed E-state index contributed by atoms with van der Waals surface area (Å²) < 4.78 is 5.22. The molecule has 0 fully saturated rings. The van der Waals surface area contributed by atoms with Crippen molar-refractivity contribution >= 4 is 28.9 Å². The molecule has 1 aromatic rings. The lowest BCUT2D eigenvalue weighted by Crippen LogP contribution is -2.30. The third kappa shape index (κ3) is 3.30. The zero-order valence-corrected chi connectivity index (χ0v) is 12.1. The second-order valence-electron chi connectivity index (χ2n) is 4.02. The van der Waals surface area contributed by atoms with Crippen LogP contribution in [0.15, 0.2) is 58.3 Å². The van der Waals surface area contributed by atoms with E-state index in [1.54, 1.807) is 35.4 Å². The maximum Gasteiger partial charge on any atom is 0.278 e. The molecule has 20 heavy (non-hydrogen) atoms. The number of furan rings is 1. The highest BCUT2D eigenvalue weighted by molar-refractivity contribution is 8.14. The van der Waals surface area contributed by atoms with Gasteiger partial charge in [0.2, 0.25) is 0 Å². The fourth-order valence-corrected chi connectivity index (χ4v) is 2.57. The quantitative estimate of drug-likeness (QED) is 0.617. The van der Waals surface area contributed by atoms with E-state index >= 15 is 0 Å². The Kier molecular flexibility index (Phi) is 5.01. The Labute approximate surface area is 122 Å². The molecule has 0 aliphatic carbocycles. The van der Waals surface area contributed by atoms with Gasteiger partial charge in [-0.2, -0.15) is 0 Å². The summed E-state index contributed by atoms with van der Waals surface area (Å²) in [6, 6.07) is 3.57. The van der Waals surface area contributed by atoms with Crippen molar-refractivity contribution in [3.8, 4) is 0 Å². The first-order valence-electron chi connectivity index (χ1n) is 6.27. The molecule has 104 valence electrons. The lowest BCUT2D eigenvalue weighted by Gasteiger charge is -2.14. The van der Waals surface area contributed by atoms with Crippen LogP contribution in [0.2, 0.25) is 0 Å². The maximum absolute atomic E-state index is 12.3. The first-order chi connectivity index (χ1) is 9.76. The Morgan fingerprint density at radius 1 is 1.55 bits per heavy atom. The van der Waals surface area contributed by atoms with Gasteiger partial charge in [0.05, 0.1) is 6.26 Å². The van der Waals surface area contributed by atoms with Crippen molar-refractivity contribution in [3.05, 3.63) is 54.7 Å². The summed E-state index contributed by atoms with van der Waals surface area (Å²) in [6.45, 7) is 6.10. The Bertz CT molecular complexity index is 571. The molecule has 0 radical (unpaired) electrons. The van der Waals surface area contributed by atoms with E-state index in [-0.39, 0.29) is 5.91 Å². The number of hydrogen-bond acceptors (Lipinski definition) is 4. The van der Waals surface area contributed by atoms with Gasteiger partial charge in [-0.1, -0.05) is 30.0 Å². The molecule has 2 heterocycles. The molecule has 0 unspecified atom stereocenters. The fourth-order valence-electron chi connectivity index (χ4n) is 1.66. The van der Waals surface area contributed by atoms with Crippen molar-refractivity contribution in [1.29, 1.82) is 0 Å². The van der Waals surface area contributed by atoms with Gasteiger partial charge in [-0.05, 0) is 19.1 Å². The zero-order chi connectivity index (χ0) is 14.4. The van der Waals surface area contributed by atoms with Gasteiger partial charge < -0.3 is 4.42 Å². The van der Waals surface area contributed by atoms with Crippen molar-refractivity contribution < 1.29 is 9.21 Å². The Morgan fingerprint density at radius 3 is 3.05 bits per heavy atom. The summed E-state index contributed by atoms with van der Waals surface area (Å²) in [5, 5.41) is 0.700. The van der Waals surface area contributed by atoms with E-state index in [1.165, 1.54) is 11.8 Å². The molecule has 4 nitrogen and oxygen atoms in total. The minimum absolute atomic E-state index is 0.121. The summed E-state index contributed by atoms with van der Waals surface area (Å²) in [5.74, 6) is 1.28. The van der Waals surface area contributed by atoms with Crippen LogP contribution in [0, 0.1) is 0 Å². The number of aliphatic imine (C=N–C) groups is 1. The summed E-state index contributed by atoms with van der Waals surface area (Å²) in [5.41, 5.74) is 0.393. The summed E-state index contributed by atoms with van der Waals surface area (Å²) >= 11 is 1.53. The highest BCUT2D eigenvalue weighted by atomic mass is 32.2. The van der Waals surface area contributed by atoms with Crippen LogP contribution in [0.3, 0.4) is 0 Å². The first kappa shape index (κ1) is 14.4. The monoisotopic (exact) mass is 288 g/mol. The van der Waals surface area contributed by atoms with Crippen molar-refractivity contribution in [1.82, 2.24) is 4.90 Å². The molecule has 0 bridgehead atoms. The van der Waals surface area contributed by atoms with Crippen LogP contribution in [0.25, 0.3) is 6.08 Å². The minimum atomic E-state index is -0.121. The average molecular weight is 288 g/mol. The van der Waals surface area contributed by atoms with Gasteiger partial charge in [-0.3, -0.25) is 9.69 Å². The molecule has 1 aliphatic heterocycles. The molecule has 1 aromatic heterocycles. The fraction of sp³-hybridized carbons (Fsp3) is 0.200. The zero-order valence-electron chi connectivity index (χ0n) is 11.3. The number of allylic oxidation sites excluding steroid dienone is 1. The molecule has 5 heteroatoms. The van der Waals surface area contributed by atoms with Crippen molar-refractivity contribution in [2.45, 2.75) is 6.92 Å². The number of rotatable bonds is 5. The predicted molar refractivity (Wildman–Crippen MR) is 83.3 cm³/mol. The van der Waals surface area contributed by atoms with Crippen LogP contribution in [0.5, 0.6) is 0 Å². The number of amides is 1. The lowest BCUT2D eigenvalue weighted by atomic mass is 10.3. The molecular weight excluding hydrogens is 272 g/mol. The third-order valence-corrected chi connectivity index (χ3v) is 3.52. The number of carbonyl (C=O) groups excluding carboxylic acids is 1. The van der Waals surface area contributed by atoms with E-state index in [4.69, 9.17) is 4.42 Å². The smallest absolute Gasteiger partial charge is 0.278 e. The number of amidine groups is 1. The van der Waals surface area contributed by atoms with E-state index in [9.17, 15) is 4.79 Å². The number of carbonyl (C=O) groups is 1. The van der Waals surface area contributed by atoms with Gasteiger partial charge >= 0.3 is 0 Å². The van der Waals surface area contributed by atoms with E-state index in [2.05, 4.69) is 11.6 Å². The molecule has 0 atom stereocenters. The van der Waals surface area contributed by atoms with Crippen LogP contribution < -0.4 is 0 Å². The SMILES string of the molecule is C=CCN1C(=O)C(=Cc2ccco2)N=C1SCC=CC. The number of hydrogen-bond donors (Lipinski definition) is 0. The van der Waals surface area contributed by atoms with Gasteiger partial charge in [0.25, 0.3) is 5.91 Å². The Morgan fingerprint density at radius 2 is 2.40 bits per heavy atom. The highest BCUT2D eigenvalue weighted by Crippen LogP contribution is 2.24. The van der Waals surface area contributed by atoms with E-state index in [0.717, 1.165) is 5.75 Å². The topological polar surface area (TPSA) is 45.8 Å². The summed E-state index contributed by atoms with van der Waals surface area (Å²) in [4.78, 5) is 18.3. The van der Waals surface area contributed by atoms with Crippen LogP contribution in [-0.4, -0.2) is 28.3 Å². The molecular formula is C15H16N2O2S. The molecule has 0 saturated heterocycles. The van der Waals surface area contributed by atoms with Crippen LogP contribution >= 0.6 is 11.8 Å². The molecule has 0 spiro atoms. The van der Waals surface area contributed by atoms with Crippen LogP contribution in [0.4, 0.5) is 0 Å². The average Bonchev–Trinajstić information content (AvgIpc) is 3.04. The van der Waals surface area contributed by atoms with E-state index in [0.29, 0.717) is 23.2 Å². The summed E-state index contributed by atoms with van der Waals surface area (Å²) in [6.07, 6.45) is 8.92. The summed E-state index contributed by atoms with van der Waals surface area (Å²) in [7, 11) is 0. The van der Waals surface area contributed by atoms with Crippen LogP contribution in [0.1, 0.15) is 12.7 Å². The number of nitrogens with zero attached hydrogens (tertiary/aromatic N) is 2. The largest absolute Gasteiger partial charge is 0.465 e. The molecule has 1 amide bonds. The van der Waals surface area contributed by atoms with Gasteiger partial charge in [0.15, 0.2) is 5.17 Å². The molecule has 2 rings (SSSR count). The van der Waals surface area contributed by atoms with Gasteiger partial charge in [-0.25, -0.2) is 4.99 Å². The maximum atomic E-state index is 12.3. The van der Waals surface area contributed by atoms with Gasteiger partial charge in [0.1, 0.15) is 11.5 Å². The minimum Gasteiger partial charge on any atom is -0.465 e. The number of thioether (sulfide) groups is 1. The normalized spacial score (nSPS) is 17.2. The van der Waals surface area contributed by atoms with Crippen molar-refractivity contribution in [2.75, 3.05) is 12.3 Å². The van der Waals surface area contributed by atoms with Crippen molar-refractivity contribution in [2.24, 2.45) is 4.99 Å². The van der Waals surface area contributed by atoms with Gasteiger partial charge in [-0.15, -0.1) is 6.58 Å². The molecule has 0 N–H and O–H groups in total. The Hall–Kier alpha value is -2.01. The highest BCUT2D eigenvalue weighted by Gasteiger charge is 2.29. The second kappa shape index (κ2) is 6.96. The lowest BCUT2D eigenvalue weighted by molar-refractivity contribution is -0.122. The van der Waals surface area contributed by atoms with E-state index < -0.39 is 0 Å².